The lowest BCUT2D eigenvalue weighted by molar-refractivity contribution is 0.321. The van der Waals surface area contributed by atoms with Crippen molar-refractivity contribution in [1.82, 2.24) is 14.9 Å². The molecular weight excluding hydrogens is 348 g/mol. The fourth-order valence-electron chi connectivity index (χ4n) is 2.71. The number of hydrogen-bond donors (Lipinski definition) is 3. The standard InChI is InChI=1S/C22H26N6/c1-15(28(2)3)14-20(24)16-6-10-19(11-7-16)26-22-25-13-12-21(27-22)17-4-8-18(23)9-5-17/h4-13,15,24H,14,23H2,1-3H3,(H,25,26,27)/t15-/m1/s1. The monoisotopic (exact) mass is 374 g/mol. The molecule has 0 amide bonds. The summed E-state index contributed by atoms with van der Waals surface area (Å²) in [6.45, 7) is 2.12. The Labute approximate surface area is 166 Å². The number of nitrogens with zero attached hydrogens (tertiary/aromatic N) is 3. The van der Waals surface area contributed by atoms with Crippen molar-refractivity contribution in [1.29, 1.82) is 5.41 Å². The molecule has 0 unspecified atom stereocenters. The van der Waals surface area contributed by atoms with Gasteiger partial charge in [0.25, 0.3) is 0 Å². The molecule has 2 aromatic carbocycles. The largest absolute Gasteiger partial charge is 0.399 e. The summed E-state index contributed by atoms with van der Waals surface area (Å²) < 4.78 is 0. The van der Waals surface area contributed by atoms with Gasteiger partial charge < -0.3 is 21.4 Å². The number of benzene rings is 2. The second kappa shape index (κ2) is 8.63. The fourth-order valence-corrected chi connectivity index (χ4v) is 2.71. The molecule has 4 N–H and O–H groups in total. The summed E-state index contributed by atoms with van der Waals surface area (Å²) in [5.74, 6) is 0.526. The molecule has 1 aromatic heterocycles. The van der Waals surface area contributed by atoms with E-state index in [1.807, 2.05) is 68.7 Å². The van der Waals surface area contributed by atoms with Gasteiger partial charge in [-0.25, -0.2) is 9.97 Å². The molecule has 0 aliphatic heterocycles. The van der Waals surface area contributed by atoms with E-state index in [-0.39, 0.29) is 0 Å². The molecule has 3 aromatic rings. The van der Waals surface area contributed by atoms with Gasteiger partial charge in [0.05, 0.1) is 5.69 Å². The van der Waals surface area contributed by atoms with Crippen LogP contribution >= 0.6 is 0 Å². The summed E-state index contributed by atoms with van der Waals surface area (Å²) in [5, 5.41) is 11.5. The lowest BCUT2D eigenvalue weighted by atomic mass is 10.0. The third-order valence-electron chi connectivity index (χ3n) is 4.73. The lowest BCUT2D eigenvalue weighted by Crippen LogP contribution is -2.27. The number of nitrogen functional groups attached to an aromatic ring is 1. The highest BCUT2D eigenvalue weighted by Gasteiger charge is 2.10. The van der Waals surface area contributed by atoms with Crippen LogP contribution in [-0.2, 0) is 0 Å². The van der Waals surface area contributed by atoms with Crippen molar-refractivity contribution in [2.75, 3.05) is 25.1 Å². The van der Waals surface area contributed by atoms with Crippen LogP contribution in [0, 0.1) is 5.41 Å². The van der Waals surface area contributed by atoms with E-state index in [1.54, 1.807) is 6.20 Å². The Hall–Kier alpha value is -3.25. The molecule has 0 saturated heterocycles. The molecule has 3 rings (SSSR count). The molecule has 1 heterocycles. The smallest absolute Gasteiger partial charge is 0.227 e. The Morgan fingerprint density at radius 3 is 2.39 bits per heavy atom. The van der Waals surface area contributed by atoms with E-state index in [4.69, 9.17) is 11.1 Å². The highest BCUT2D eigenvalue weighted by molar-refractivity contribution is 5.98. The predicted molar refractivity (Wildman–Crippen MR) is 116 cm³/mol. The quantitative estimate of drug-likeness (QED) is 0.426. The minimum Gasteiger partial charge on any atom is -0.399 e. The van der Waals surface area contributed by atoms with E-state index in [0.29, 0.717) is 24.1 Å². The van der Waals surface area contributed by atoms with Crippen LogP contribution in [0.5, 0.6) is 0 Å². The van der Waals surface area contributed by atoms with Gasteiger partial charge in [0.2, 0.25) is 5.95 Å². The van der Waals surface area contributed by atoms with E-state index in [9.17, 15) is 0 Å². The van der Waals surface area contributed by atoms with Crippen molar-refractivity contribution in [3.05, 3.63) is 66.4 Å². The summed E-state index contributed by atoms with van der Waals surface area (Å²) in [4.78, 5) is 11.0. The maximum absolute atomic E-state index is 8.30. The summed E-state index contributed by atoms with van der Waals surface area (Å²) in [5.41, 5.74) is 10.7. The Morgan fingerprint density at radius 2 is 1.75 bits per heavy atom. The van der Waals surface area contributed by atoms with Crippen molar-refractivity contribution in [2.45, 2.75) is 19.4 Å². The van der Waals surface area contributed by atoms with Crippen molar-refractivity contribution in [3.8, 4) is 11.3 Å². The van der Waals surface area contributed by atoms with Gasteiger partial charge in [-0.15, -0.1) is 0 Å². The Morgan fingerprint density at radius 1 is 1.07 bits per heavy atom. The first-order valence-electron chi connectivity index (χ1n) is 9.22. The average Bonchev–Trinajstić information content (AvgIpc) is 2.69. The normalized spacial score (nSPS) is 12.0. The van der Waals surface area contributed by atoms with E-state index in [1.165, 1.54) is 0 Å². The van der Waals surface area contributed by atoms with E-state index in [2.05, 4.69) is 27.1 Å². The lowest BCUT2D eigenvalue weighted by Gasteiger charge is -2.20. The van der Waals surface area contributed by atoms with Crippen LogP contribution in [0.3, 0.4) is 0 Å². The summed E-state index contributed by atoms with van der Waals surface area (Å²) in [7, 11) is 4.06. The zero-order chi connectivity index (χ0) is 20.1. The molecule has 0 radical (unpaired) electrons. The molecule has 28 heavy (non-hydrogen) atoms. The van der Waals surface area contributed by atoms with E-state index < -0.39 is 0 Å². The highest BCUT2D eigenvalue weighted by Crippen LogP contribution is 2.21. The molecule has 6 nitrogen and oxygen atoms in total. The van der Waals surface area contributed by atoms with Gasteiger partial charge in [-0.1, -0.05) is 24.3 Å². The molecule has 0 fully saturated rings. The summed E-state index contributed by atoms with van der Waals surface area (Å²) in [6, 6.07) is 17.6. The van der Waals surface area contributed by atoms with Crippen molar-refractivity contribution in [2.24, 2.45) is 0 Å². The molecule has 144 valence electrons. The molecule has 0 aliphatic rings. The minimum atomic E-state index is 0.328. The van der Waals surface area contributed by atoms with E-state index >= 15 is 0 Å². The van der Waals surface area contributed by atoms with Gasteiger partial charge in [-0.05, 0) is 56.9 Å². The summed E-state index contributed by atoms with van der Waals surface area (Å²) in [6.07, 6.45) is 2.44. The van der Waals surface area contributed by atoms with E-state index in [0.717, 1.165) is 28.2 Å². The first kappa shape index (κ1) is 19.5. The predicted octanol–water partition coefficient (Wildman–Crippen LogP) is 4.18. The SMILES string of the molecule is C[C@H](CC(=N)c1ccc(Nc2nccc(-c3ccc(N)cc3)n2)cc1)N(C)C. The van der Waals surface area contributed by atoms with Gasteiger partial charge in [0, 0.05) is 41.3 Å². The van der Waals surface area contributed by atoms with Gasteiger partial charge in [-0.2, -0.15) is 0 Å². The number of aromatic nitrogens is 2. The Balaban J connectivity index is 1.70. The molecule has 0 saturated carbocycles. The fraction of sp³-hybridized carbons (Fsp3) is 0.227. The van der Waals surface area contributed by atoms with Gasteiger partial charge in [-0.3, -0.25) is 0 Å². The molecule has 0 spiro atoms. The zero-order valence-corrected chi connectivity index (χ0v) is 16.5. The first-order valence-corrected chi connectivity index (χ1v) is 9.22. The highest BCUT2D eigenvalue weighted by atomic mass is 15.1. The number of nitrogens with two attached hydrogens (primary N) is 1. The van der Waals surface area contributed by atoms with Crippen LogP contribution in [0.2, 0.25) is 0 Å². The molecule has 1 atom stereocenters. The van der Waals surface area contributed by atoms with Gasteiger partial charge in [0.15, 0.2) is 0 Å². The number of nitrogens with one attached hydrogen (secondary N) is 2. The first-order chi connectivity index (χ1) is 13.4. The van der Waals surface area contributed by atoms with Crippen molar-refractivity contribution >= 4 is 23.0 Å². The maximum Gasteiger partial charge on any atom is 0.227 e. The Kier molecular flexibility index (Phi) is 6.01. The van der Waals surface area contributed by atoms with Crippen LogP contribution in [0.25, 0.3) is 11.3 Å². The van der Waals surface area contributed by atoms with Crippen LogP contribution in [0.15, 0.2) is 60.8 Å². The van der Waals surface area contributed by atoms with Crippen LogP contribution < -0.4 is 11.1 Å². The topological polar surface area (TPSA) is 90.9 Å². The number of anilines is 3. The third-order valence-corrected chi connectivity index (χ3v) is 4.73. The summed E-state index contributed by atoms with van der Waals surface area (Å²) >= 11 is 0. The molecular formula is C22H26N6. The Bertz CT molecular complexity index is 932. The molecule has 0 bridgehead atoms. The molecule has 6 heteroatoms. The molecule has 0 aliphatic carbocycles. The zero-order valence-electron chi connectivity index (χ0n) is 16.5. The number of rotatable bonds is 7. The average molecular weight is 374 g/mol. The van der Waals surface area contributed by atoms with Gasteiger partial charge >= 0.3 is 0 Å². The van der Waals surface area contributed by atoms with Gasteiger partial charge in [0.1, 0.15) is 0 Å². The second-order valence-electron chi connectivity index (χ2n) is 7.09. The second-order valence-corrected chi connectivity index (χ2v) is 7.09. The van der Waals surface area contributed by atoms with Crippen molar-refractivity contribution < 1.29 is 0 Å². The van der Waals surface area contributed by atoms with Crippen LogP contribution in [-0.4, -0.2) is 40.7 Å². The van der Waals surface area contributed by atoms with Crippen LogP contribution in [0.1, 0.15) is 18.9 Å². The third kappa shape index (κ3) is 4.92. The number of hydrogen-bond acceptors (Lipinski definition) is 6. The van der Waals surface area contributed by atoms with Crippen molar-refractivity contribution in [3.63, 3.8) is 0 Å². The van der Waals surface area contributed by atoms with Crippen LogP contribution in [0.4, 0.5) is 17.3 Å². The minimum absolute atomic E-state index is 0.328. The maximum atomic E-state index is 8.30.